The van der Waals surface area contributed by atoms with Crippen molar-refractivity contribution in [2.24, 2.45) is 0 Å². The van der Waals surface area contributed by atoms with E-state index >= 15 is 0 Å². The summed E-state index contributed by atoms with van der Waals surface area (Å²) in [5.41, 5.74) is 3.02. The lowest BCUT2D eigenvalue weighted by Crippen LogP contribution is -2.45. The van der Waals surface area contributed by atoms with Gasteiger partial charge in [0, 0.05) is 18.8 Å². The van der Waals surface area contributed by atoms with E-state index in [1.807, 2.05) is 86.6 Å². The number of anilines is 1. The minimum absolute atomic E-state index is 0.0183. The van der Waals surface area contributed by atoms with Crippen molar-refractivity contribution in [1.82, 2.24) is 4.90 Å². The highest BCUT2D eigenvalue weighted by Gasteiger charge is 2.34. The van der Waals surface area contributed by atoms with Gasteiger partial charge in [0.15, 0.2) is 0 Å². The van der Waals surface area contributed by atoms with Crippen LogP contribution in [0.5, 0.6) is 11.5 Å². The van der Waals surface area contributed by atoms with Gasteiger partial charge >= 0.3 is 0 Å². The number of carbonyl (C=O) groups is 1. The third-order valence-corrected chi connectivity index (χ3v) is 6.17. The maximum atomic E-state index is 12.6. The second-order valence-corrected chi connectivity index (χ2v) is 8.56. The Bertz CT molecular complexity index is 1040. The zero-order valence-corrected chi connectivity index (χ0v) is 18.7. The molecule has 1 heterocycles. The minimum atomic E-state index is -0.884. The molecule has 4 rings (SSSR count). The van der Waals surface area contributed by atoms with Crippen LogP contribution in [0.3, 0.4) is 0 Å². The summed E-state index contributed by atoms with van der Waals surface area (Å²) >= 11 is 0. The van der Waals surface area contributed by atoms with Crippen LogP contribution in [0.4, 0.5) is 5.69 Å². The molecule has 0 saturated carbocycles. The Kier molecular flexibility index (Phi) is 6.58. The molecule has 1 fully saturated rings. The van der Waals surface area contributed by atoms with Crippen LogP contribution in [0.25, 0.3) is 0 Å². The van der Waals surface area contributed by atoms with Crippen molar-refractivity contribution in [3.63, 3.8) is 0 Å². The van der Waals surface area contributed by atoms with Gasteiger partial charge in [-0.1, -0.05) is 48.5 Å². The van der Waals surface area contributed by atoms with Gasteiger partial charge in [0.05, 0.1) is 12.1 Å². The lowest BCUT2D eigenvalue weighted by atomic mass is 9.84. The molecule has 1 aliphatic rings. The molecule has 2 N–H and O–H groups in total. The van der Waals surface area contributed by atoms with Crippen LogP contribution in [0.2, 0.25) is 0 Å². The van der Waals surface area contributed by atoms with Gasteiger partial charge in [0.1, 0.15) is 11.5 Å². The fourth-order valence-electron chi connectivity index (χ4n) is 4.22. The van der Waals surface area contributed by atoms with Crippen molar-refractivity contribution in [3.8, 4) is 11.5 Å². The molecule has 1 aliphatic heterocycles. The first-order valence-corrected chi connectivity index (χ1v) is 11.1. The SMILES string of the molecule is Cc1cccc(C)c1NC(=O)CN1CCC(O)(c2ccc(Oc3ccccc3)cc2)CC1. The maximum Gasteiger partial charge on any atom is 0.238 e. The number of aryl methyl sites for hydroxylation is 2. The monoisotopic (exact) mass is 430 g/mol. The highest BCUT2D eigenvalue weighted by molar-refractivity contribution is 5.93. The molecular formula is C27H30N2O3. The van der Waals surface area contributed by atoms with Crippen molar-refractivity contribution < 1.29 is 14.6 Å². The fraction of sp³-hybridized carbons (Fsp3) is 0.296. The first-order valence-electron chi connectivity index (χ1n) is 11.1. The summed E-state index contributed by atoms with van der Waals surface area (Å²) in [5.74, 6) is 1.51. The first kappa shape index (κ1) is 22.1. The van der Waals surface area contributed by atoms with Gasteiger partial charge in [-0.2, -0.15) is 0 Å². The summed E-state index contributed by atoms with van der Waals surface area (Å²) in [7, 11) is 0. The zero-order valence-electron chi connectivity index (χ0n) is 18.7. The summed E-state index contributed by atoms with van der Waals surface area (Å²) < 4.78 is 5.85. The van der Waals surface area contributed by atoms with Crippen LogP contribution < -0.4 is 10.1 Å². The van der Waals surface area contributed by atoms with E-state index in [4.69, 9.17) is 4.74 Å². The Morgan fingerprint density at radius 3 is 2.12 bits per heavy atom. The topological polar surface area (TPSA) is 61.8 Å². The smallest absolute Gasteiger partial charge is 0.238 e. The maximum absolute atomic E-state index is 12.6. The van der Waals surface area contributed by atoms with Crippen LogP contribution in [-0.4, -0.2) is 35.5 Å². The number of nitrogens with one attached hydrogen (secondary N) is 1. The lowest BCUT2D eigenvalue weighted by molar-refractivity contribution is -0.118. The molecule has 0 radical (unpaired) electrons. The van der Waals surface area contributed by atoms with Gasteiger partial charge in [-0.3, -0.25) is 9.69 Å². The van der Waals surface area contributed by atoms with Gasteiger partial charge < -0.3 is 15.2 Å². The molecule has 0 atom stereocenters. The van der Waals surface area contributed by atoms with E-state index < -0.39 is 5.60 Å². The molecular weight excluding hydrogens is 400 g/mol. The van der Waals surface area contributed by atoms with Crippen LogP contribution in [0.15, 0.2) is 72.8 Å². The van der Waals surface area contributed by atoms with Gasteiger partial charge in [-0.15, -0.1) is 0 Å². The lowest BCUT2D eigenvalue weighted by Gasteiger charge is -2.38. The fourth-order valence-corrected chi connectivity index (χ4v) is 4.22. The number of rotatable bonds is 6. The van der Waals surface area contributed by atoms with Crippen LogP contribution in [0.1, 0.15) is 29.5 Å². The number of para-hydroxylation sites is 2. The molecule has 1 amide bonds. The number of benzene rings is 3. The van der Waals surface area contributed by atoms with E-state index in [9.17, 15) is 9.90 Å². The molecule has 5 nitrogen and oxygen atoms in total. The van der Waals surface area contributed by atoms with Gasteiger partial charge in [-0.25, -0.2) is 0 Å². The van der Waals surface area contributed by atoms with Crippen molar-refractivity contribution in [2.75, 3.05) is 25.0 Å². The second kappa shape index (κ2) is 9.55. The second-order valence-electron chi connectivity index (χ2n) is 8.56. The van der Waals surface area contributed by atoms with Gasteiger partial charge in [0.25, 0.3) is 0 Å². The van der Waals surface area contributed by atoms with Crippen molar-refractivity contribution in [1.29, 1.82) is 0 Å². The van der Waals surface area contributed by atoms with E-state index in [2.05, 4.69) is 10.2 Å². The number of nitrogens with zero attached hydrogens (tertiary/aromatic N) is 1. The van der Waals surface area contributed by atoms with Gasteiger partial charge in [0.2, 0.25) is 5.91 Å². The quantitative estimate of drug-likeness (QED) is 0.577. The number of carbonyl (C=O) groups excluding carboxylic acids is 1. The highest BCUT2D eigenvalue weighted by atomic mass is 16.5. The summed E-state index contributed by atoms with van der Waals surface area (Å²) in [6, 6.07) is 23.3. The van der Waals surface area contributed by atoms with E-state index in [0.717, 1.165) is 33.9 Å². The molecule has 0 spiro atoms. The van der Waals surface area contributed by atoms with E-state index in [0.29, 0.717) is 32.5 Å². The first-order chi connectivity index (χ1) is 15.4. The Hall–Kier alpha value is -3.15. The Morgan fingerprint density at radius 1 is 0.906 bits per heavy atom. The summed E-state index contributed by atoms with van der Waals surface area (Å²) in [5, 5.41) is 14.3. The van der Waals surface area contributed by atoms with E-state index in [-0.39, 0.29) is 5.91 Å². The number of amides is 1. The highest BCUT2D eigenvalue weighted by Crippen LogP contribution is 2.34. The number of aliphatic hydroxyl groups is 1. The number of hydrogen-bond donors (Lipinski definition) is 2. The molecule has 3 aromatic rings. The zero-order chi connectivity index (χ0) is 22.6. The molecule has 0 aromatic heterocycles. The number of likely N-dealkylation sites (tertiary alicyclic amines) is 1. The molecule has 3 aromatic carbocycles. The predicted molar refractivity (Wildman–Crippen MR) is 127 cm³/mol. The average Bonchev–Trinajstić information content (AvgIpc) is 2.79. The van der Waals surface area contributed by atoms with Crippen LogP contribution >= 0.6 is 0 Å². The Labute approximate surface area is 189 Å². The van der Waals surface area contributed by atoms with Crippen LogP contribution in [0, 0.1) is 13.8 Å². The normalized spacial score (nSPS) is 15.8. The van der Waals surface area contributed by atoms with Crippen LogP contribution in [-0.2, 0) is 10.4 Å². The molecule has 1 saturated heterocycles. The Balaban J connectivity index is 1.31. The summed E-state index contributed by atoms with van der Waals surface area (Å²) in [4.78, 5) is 14.7. The molecule has 32 heavy (non-hydrogen) atoms. The standard InChI is InChI=1S/C27H30N2O3/c1-20-7-6-8-21(2)26(20)28-25(30)19-29-17-15-27(31,16-18-29)22-11-13-24(14-12-22)32-23-9-4-3-5-10-23/h3-14,31H,15-19H2,1-2H3,(H,28,30). The number of hydrogen-bond acceptors (Lipinski definition) is 4. The third-order valence-electron chi connectivity index (χ3n) is 6.17. The Morgan fingerprint density at radius 2 is 1.50 bits per heavy atom. The number of ether oxygens (including phenoxy) is 1. The molecule has 0 bridgehead atoms. The molecule has 166 valence electrons. The third kappa shape index (κ3) is 5.18. The molecule has 5 heteroatoms. The van der Waals surface area contributed by atoms with Crippen molar-refractivity contribution >= 4 is 11.6 Å². The molecule has 0 aliphatic carbocycles. The van der Waals surface area contributed by atoms with E-state index in [1.165, 1.54) is 0 Å². The summed E-state index contributed by atoms with van der Waals surface area (Å²) in [6.45, 7) is 5.66. The summed E-state index contributed by atoms with van der Waals surface area (Å²) in [6.07, 6.45) is 1.17. The van der Waals surface area contributed by atoms with Crippen molar-refractivity contribution in [2.45, 2.75) is 32.3 Å². The average molecular weight is 431 g/mol. The largest absolute Gasteiger partial charge is 0.457 e. The molecule has 0 unspecified atom stereocenters. The predicted octanol–water partition coefficient (Wildman–Crippen LogP) is 5.02. The minimum Gasteiger partial charge on any atom is -0.457 e. The van der Waals surface area contributed by atoms with Gasteiger partial charge in [-0.05, 0) is 67.6 Å². The van der Waals surface area contributed by atoms with E-state index in [1.54, 1.807) is 0 Å². The number of piperidine rings is 1. The van der Waals surface area contributed by atoms with Crippen molar-refractivity contribution in [3.05, 3.63) is 89.5 Å².